The molecule has 3 aromatic rings. The van der Waals surface area contributed by atoms with Crippen molar-refractivity contribution in [3.05, 3.63) is 24.7 Å². The van der Waals surface area contributed by atoms with Crippen LogP contribution in [-0.2, 0) is 0 Å². The molecule has 1 aliphatic heterocycles. The lowest BCUT2D eigenvalue weighted by atomic mass is 10.1. The van der Waals surface area contributed by atoms with Crippen LogP contribution in [-0.4, -0.2) is 53.2 Å². The lowest BCUT2D eigenvalue weighted by Gasteiger charge is -2.22. The zero-order valence-corrected chi connectivity index (χ0v) is 14.2. The van der Waals surface area contributed by atoms with E-state index >= 15 is 0 Å². The Morgan fingerprint density at radius 1 is 1.12 bits per heavy atom. The van der Waals surface area contributed by atoms with Crippen LogP contribution in [0.5, 0.6) is 5.88 Å². The number of pyridine rings is 2. The highest BCUT2D eigenvalue weighted by Crippen LogP contribution is 2.30. The standard InChI is InChI=1S/C16H18N6O.ClH/c1-23-13-4-3-11-14-12(9-18-15(11)21-13)19-10-20-16(14)22-7-2-5-17-6-8-22;/h3-4,9-10,17H,2,5-8H2,1H3;1H. The van der Waals surface area contributed by atoms with Crippen LogP contribution < -0.4 is 15.0 Å². The minimum absolute atomic E-state index is 0. The Hall–Kier alpha value is -2.25. The molecule has 0 saturated carbocycles. The molecular formula is C16H19ClN6O. The van der Waals surface area contributed by atoms with E-state index in [9.17, 15) is 0 Å². The monoisotopic (exact) mass is 346 g/mol. The quantitative estimate of drug-likeness (QED) is 0.709. The van der Waals surface area contributed by atoms with Gasteiger partial charge in [0.2, 0.25) is 5.88 Å². The minimum Gasteiger partial charge on any atom is -0.481 e. The van der Waals surface area contributed by atoms with Gasteiger partial charge in [-0.15, -0.1) is 12.4 Å². The van der Waals surface area contributed by atoms with Gasteiger partial charge in [-0.1, -0.05) is 0 Å². The average Bonchev–Trinajstić information content (AvgIpc) is 2.89. The summed E-state index contributed by atoms with van der Waals surface area (Å²) in [5.41, 5.74) is 1.49. The van der Waals surface area contributed by atoms with E-state index in [2.05, 4.69) is 30.2 Å². The fraction of sp³-hybridized carbons (Fsp3) is 0.375. The second kappa shape index (κ2) is 7.11. The van der Waals surface area contributed by atoms with Crippen LogP contribution in [0, 0.1) is 0 Å². The molecule has 8 heteroatoms. The predicted octanol–water partition coefficient (Wildman–Crippen LogP) is 1.80. The number of halogens is 1. The first kappa shape index (κ1) is 16.6. The molecule has 0 amide bonds. The summed E-state index contributed by atoms with van der Waals surface area (Å²) < 4.78 is 5.20. The Balaban J connectivity index is 0.00000169. The van der Waals surface area contributed by atoms with Gasteiger partial charge in [0.25, 0.3) is 0 Å². The molecule has 7 nitrogen and oxygen atoms in total. The van der Waals surface area contributed by atoms with Crippen LogP contribution in [0.3, 0.4) is 0 Å². The van der Waals surface area contributed by atoms with E-state index in [-0.39, 0.29) is 12.4 Å². The maximum absolute atomic E-state index is 5.20. The van der Waals surface area contributed by atoms with Gasteiger partial charge >= 0.3 is 0 Å². The molecule has 0 unspecified atom stereocenters. The Labute approximate surface area is 145 Å². The van der Waals surface area contributed by atoms with Crippen molar-refractivity contribution in [2.45, 2.75) is 6.42 Å². The van der Waals surface area contributed by atoms with Gasteiger partial charge in [-0.05, 0) is 19.0 Å². The fourth-order valence-electron chi connectivity index (χ4n) is 3.00. The fourth-order valence-corrected chi connectivity index (χ4v) is 3.00. The van der Waals surface area contributed by atoms with Gasteiger partial charge < -0.3 is 15.0 Å². The zero-order chi connectivity index (χ0) is 15.6. The zero-order valence-electron chi connectivity index (χ0n) is 13.4. The Morgan fingerprint density at radius 2 is 2.04 bits per heavy atom. The molecular weight excluding hydrogens is 328 g/mol. The summed E-state index contributed by atoms with van der Waals surface area (Å²) in [4.78, 5) is 20.1. The number of nitrogens with zero attached hydrogens (tertiary/aromatic N) is 5. The van der Waals surface area contributed by atoms with Crippen LogP contribution in [0.4, 0.5) is 5.82 Å². The van der Waals surface area contributed by atoms with E-state index in [0.29, 0.717) is 11.5 Å². The molecule has 0 aliphatic carbocycles. The number of anilines is 1. The van der Waals surface area contributed by atoms with Gasteiger partial charge in [-0.2, -0.15) is 4.98 Å². The van der Waals surface area contributed by atoms with Gasteiger partial charge in [0, 0.05) is 31.1 Å². The first-order valence-electron chi connectivity index (χ1n) is 7.77. The smallest absolute Gasteiger partial charge is 0.215 e. The summed E-state index contributed by atoms with van der Waals surface area (Å²) >= 11 is 0. The molecule has 24 heavy (non-hydrogen) atoms. The summed E-state index contributed by atoms with van der Waals surface area (Å²) in [5.74, 6) is 1.51. The van der Waals surface area contributed by atoms with Crippen LogP contribution in [0.25, 0.3) is 21.9 Å². The average molecular weight is 347 g/mol. The Kier molecular flexibility index (Phi) is 4.92. The van der Waals surface area contributed by atoms with Crippen LogP contribution in [0.1, 0.15) is 6.42 Å². The Morgan fingerprint density at radius 3 is 2.92 bits per heavy atom. The second-order valence-electron chi connectivity index (χ2n) is 5.53. The minimum atomic E-state index is 0. The first-order chi connectivity index (χ1) is 11.4. The lowest BCUT2D eigenvalue weighted by Crippen LogP contribution is -2.28. The number of methoxy groups -OCH3 is 1. The van der Waals surface area contributed by atoms with Crippen molar-refractivity contribution in [2.75, 3.05) is 38.2 Å². The second-order valence-corrected chi connectivity index (χ2v) is 5.53. The maximum atomic E-state index is 5.20. The van der Waals surface area contributed by atoms with Gasteiger partial charge in [0.15, 0.2) is 5.65 Å². The topological polar surface area (TPSA) is 76.1 Å². The number of hydrogen-bond acceptors (Lipinski definition) is 7. The summed E-state index contributed by atoms with van der Waals surface area (Å²) in [7, 11) is 1.61. The SMILES string of the molecule is COc1ccc2c(ncc3ncnc(N4CCCNCC4)c32)n1.Cl. The van der Waals surface area contributed by atoms with E-state index in [1.165, 1.54) is 0 Å². The largest absolute Gasteiger partial charge is 0.481 e. The molecule has 0 atom stereocenters. The van der Waals surface area contributed by atoms with Crippen molar-refractivity contribution >= 4 is 40.2 Å². The Bertz CT molecular complexity index is 850. The van der Waals surface area contributed by atoms with Crippen molar-refractivity contribution in [2.24, 2.45) is 0 Å². The lowest BCUT2D eigenvalue weighted by molar-refractivity contribution is 0.399. The van der Waals surface area contributed by atoms with E-state index in [1.807, 2.05) is 12.1 Å². The van der Waals surface area contributed by atoms with Crippen LogP contribution >= 0.6 is 12.4 Å². The van der Waals surface area contributed by atoms with Gasteiger partial charge in [-0.3, -0.25) is 0 Å². The molecule has 0 radical (unpaired) electrons. The van der Waals surface area contributed by atoms with Crippen molar-refractivity contribution in [1.29, 1.82) is 0 Å². The van der Waals surface area contributed by atoms with Crippen LogP contribution in [0.2, 0.25) is 0 Å². The van der Waals surface area contributed by atoms with Crippen molar-refractivity contribution < 1.29 is 4.74 Å². The number of rotatable bonds is 2. The van der Waals surface area contributed by atoms with E-state index in [1.54, 1.807) is 19.6 Å². The third-order valence-corrected chi connectivity index (χ3v) is 4.13. The van der Waals surface area contributed by atoms with Crippen molar-refractivity contribution in [1.82, 2.24) is 25.3 Å². The predicted molar refractivity (Wildman–Crippen MR) is 96.1 cm³/mol. The highest BCUT2D eigenvalue weighted by atomic mass is 35.5. The number of aromatic nitrogens is 4. The molecule has 0 spiro atoms. The number of ether oxygens (including phenoxy) is 1. The summed E-state index contributed by atoms with van der Waals surface area (Å²) in [6, 6.07) is 3.84. The molecule has 1 saturated heterocycles. The normalized spacial score (nSPS) is 15.1. The van der Waals surface area contributed by atoms with E-state index in [4.69, 9.17) is 4.74 Å². The van der Waals surface area contributed by atoms with Crippen LogP contribution in [0.15, 0.2) is 24.7 Å². The summed E-state index contributed by atoms with van der Waals surface area (Å²) in [5, 5.41) is 5.38. The number of nitrogens with one attached hydrogen (secondary N) is 1. The van der Waals surface area contributed by atoms with E-state index in [0.717, 1.165) is 54.7 Å². The number of fused-ring (bicyclic) bond motifs is 3. The van der Waals surface area contributed by atoms with Crippen molar-refractivity contribution in [3.63, 3.8) is 0 Å². The summed E-state index contributed by atoms with van der Waals surface area (Å²) in [6.07, 6.45) is 4.46. The highest BCUT2D eigenvalue weighted by Gasteiger charge is 2.17. The molecule has 0 bridgehead atoms. The summed E-state index contributed by atoms with van der Waals surface area (Å²) in [6.45, 7) is 3.91. The third-order valence-electron chi connectivity index (χ3n) is 4.13. The first-order valence-corrected chi connectivity index (χ1v) is 7.77. The molecule has 126 valence electrons. The molecule has 4 heterocycles. The van der Waals surface area contributed by atoms with Gasteiger partial charge in [0.05, 0.1) is 24.2 Å². The molecule has 4 rings (SSSR count). The molecule has 1 aliphatic rings. The maximum Gasteiger partial charge on any atom is 0.215 e. The molecule has 1 fully saturated rings. The third kappa shape index (κ3) is 2.92. The van der Waals surface area contributed by atoms with Gasteiger partial charge in [-0.25, -0.2) is 15.0 Å². The van der Waals surface area contributed by atoms with Crippen molar-refractivity contribution in [3.8, 4) is 5.88 Å². The van der Waals surface area contributed by atoms with E-state index < -0.39 is 0 Å². The van der Waals surface area contributed by atoms with Gasteiger partial charge in [0.1, 0.15) is 12.1 Å². The molecule has 1 N–H and O–H groups in total. The molecule has 0 aromatic carbocycles. The molecule has 3 aromatic heterocycles. The number of hydrogen-bond donors (Lipinski definition) is 1. The highest BCUT2D eigenvalue weighted by molar-refractivity contribution is 6.08.